The maximum absolute atomic E-state index is 11.3. The molecule has 10 nitrogen and oxygen atoms in total. The highest BCUT2D eigenvalue weighted by molar-refractivity contribution is 9.10. The Hall–Kier alpha value is -3.48. The van der Waals surface area contributed by atoms with Gasteiger partial charge in [-0.05, 0) is 63.7 Å². The fourth-order valence-electron chi connectivity index (χ4n) is 3.61. The second-order valence-corrected chi connectivity index (χ2v) is 9.35. The van der Waals surface area contributed by atoms with Gasteiger partial charge in [-0.15, -0.1) is 0 Å². The van der Waals surface area contributed by atoms with Crippen LogP contribution in [0.4, 0.5) is 11.5 Å². The fraction of sp³-hybridized carbons (Fsp3) is 0.217. The third-order valence-corrected chi connectivity index (χ3v) is 6.95. The third kappa shape index (κ3) is 4.72. The molecule has 3 aliphatic rings. The van der Waals surface area contributed by atoms with Crippen LogP contribution < -0.4 is 20.3 Å². The van der Waals surface area contributed by atoms with E-state index in [1.54, 1.807) is 0 Å². The first kappa shape index (κ1) is 23.3. The van der Waals surface area contributed by atoms with E-state index in [1.807, 2.05) is 36.4 Å². The van der Waals surface area contributed by atoms with E-state index in [-0.39, 0.29) is 5.49 Å². The molecule has 0 fully saturated rings. The Labute approximate surface area is 211 Å². The maximum atomic E-state index is 11.3. The van der Waals surface area contributed by atoms with E-state index >= 15 is 0 Å². The predicted molar refractivity (Wildman–Crippen MR) is 133 cm³/mol. The van der Waals surface area contributed by atoms with Gasteiger partial charge in [-0.3, -0.25) is 4.37 Å². The van der Waals surface area contributed by atoms with Crippen molar-refractivity contribution in [3.63, 3.8) is 0 Å². The number of nitrogens with zero attached hydrogens (tertiary/aromatic N) is 3. The van der Waals surface area contributed by atoms with Gasteiger partial charge in [-0.25, -0.2) is 19.8 Å². The summed E-state index contributed by atoms with van der Waals surface area (Å²) in [6.45, 7) is 2.43. The van der Waals surface area contributed by atoms with E-state index in [0.717, 1.165) is 27.0 Å². The fourth-order valence-corrected chi connectivity index (χ4v) is 4.94. The molecule has 2 atom stereocenters. The summed E-state index contributed by atoms with van der Waals surface area (Å²) in [5.41, 5.74) is 3.46. The lowest BCUT2D eigenvalue weighted by Gasteiger charge is -2.19. The van der Waals surface area contributed by atoms with E-state index in [2.05, 4.69) is 40.6 Å². The molecule has 0 amide bonds. The Kier molecular flexibility index (Phi) is 6.41. The third-order valence-electron chi connectivity index (χ3n) is 5.31. The summed E-state index contributed by atoms with van der Waals surface area (Å²) in [5, 5.41) is 22.8. The van der Waals surface area contributed by atoms with Crippen LogP contribution in [0.1, 0.15) is 6.92 Å². The molecule has 0 bridgehead atoms. The number of aliphatic carboxylic acids is 1. The standard InChI is InChI=1S/C23H20BrN5O5S/c1-11(30)19(23(31)32)27-17-10-25-20-21(29-35-22(20)28-17)26-14-4-2-3-13(18(14)24)12-5-6-15-16(9-12)34-8-7-33-15/h2-6,9-11,19,26,29-30H,7-8H2,1H3,(H,31,32). The summed E-state index contributed by atoms with van der Waals surface area (Å²) in [6, 6.07) is 10.4. The Balaban J connectivity index is 1.44. The van der Waals surface area contributed by atoms with Gasteiger partial charge in [-0.1, -0.05) is 18.2 Å². The van der Waals surface area contributed by atoms with Crippen LogP contribution in [0.2, 0.25) is 0 Å². The molecule has 2 aromatic rings. The second-order valence-electron chi connectivity index (χ2n) is 7.76. The molecule has 2 unspecified atom stereocenters. The summed E-state index contributed by atoms with van der Waals surface area (Å²) in [4.78, 5) is 24.1. The van der Waals surface area contributed by atoms with Crippen LogP contribution >= 0.6 is 27.5 Å². The van der Waals surface area contributed by atoms with Crippen LogP contribution in [0.25, 0.3) is 21.8 Å². The molecule has 12 heteroatoms. The summed E-state index contributed by atoms with van der Waals surface area (Å²) in [5.74, 6) is 0.852. The van der Waals surface area contributed by atoms with Crippen molar-refractivity contribution in [2.24, 2.45) is 4.99 Å². The van der Waals surface area contributed by atoms with Crippen LogP contribution in [0.5, 0.6) is 11.5 Å². The summed E-state index contributed by atoms with van der Waals surface area (Å²) in [6.07, 6.45) is 0.225. The topological polar surface area (TPSA) is 142 Å². The zero-order valence-corrected chi connectivity index (χ0v) is 20.8. The van der Waals surface area contributed by atoms with Crippen LogP contribution in [0, 0.1) is 0 Å². The van der Waals surface area contributed by atoms with Gasteiger partial charge in [0.1, 0.15) is 24.7 Å². The van der Waals surface area contributed by atoms with E-state index in [1.165, 1.54) is 24.7 Å². The zero-order chi connectivity index (χ0) is 24.5. The monoisotopic (exact) mass is 557 g/mol. The number of fused-ring (bicyclic) bond motifs is 2. The number of hydrogen-bond donors (Lipinski definition) is 4. The van der Waals surface area contributed by atoms with Gasteiger partial charge in [0.25, 0.3) is 0 Å². The number of rotatable bonds is 6. The van der Waals surface area contributed by atoms with Gasteiger partial charge >= 0.3 is 5.97 Å². The van der Waals surface area contributed by atoms with Gasteiger partial charge < -0.3 is 25.0 Å². The predicted octanol–water partition coefficient (Wildman–Crippen LogP) is 3.65. The summed E-state index contributed by atoms with van der Waals surface area (Å²) >= 11 is 4.95. The first-order valence-corrected chi connectivity index (χ1v) is 12.3. The molecule has 0 aromatic heterocycles. The Morgan fingerprint density at radius 2 is 2.06 bits per heavy atom. The first-order chi connectivity index (χ1) is 16.9. The number of anilines is 2. The highest BCUT2D eigenvalue weighted by Gasteiger charge is 2.23. The highest BCUT2D eigenvalue weighted by Crippen LogP contribution is 2.40. The summed E-state index contributed by atoms with van der Waals surface area (Å²) in [7, 11) is 0. The molecule has 3 heterocycles. The van der Waals surface area contributed by atoms with Gasteiger partial charge in [0.2, 0.25) is 0 Å². The minimum atomic E-state index is -1.32. The number of aliphatic hydroxyl groups is 1. The van der Waals surface area contributed by atoms with E-state index in [9.17, 15) is 15.0 Å². The SMILES string of the molecule is CC(O)C(N=c1cnc2c(Nc3cccc(-c4ccc5c(c4)OCCO5)c3Br)[nH]sc-2n1)C(=O)O. The number of halogens is 1. The number of carboxylic acids is 1. The largest absolute Gasteiger partial charge is 0.486 e. The Bertz CT molecular complexity index is 1440. The minimum Gasteiger partial charge on any atom is -0.486 e. The van der Waals surface area contributed by atoms with Gasteiger partial charge in [0.15, 0.2) is 28.0 Å². The van der Waals surface area contributed by atoms with Crippen molar-refractivity contribution in [2.75, 3.05) is 18.5 Å². The molecule has 35 heavy (non-hydrogen) atoms. The van der Waals surface area contributed by atoms with Crippen LogP contribution in [0.15, 0.2) is 52.1 Å². The molecular formula is C23H20BrN5O5S. The van der Waals surface area contributed by atoms with Gasteiger partial charge in [0, 0.05) is 4.47 Å². The van der Waals surface area contributed by atoms with Crippen LogP contribution in [0.3, 0.4) is 0 Å². The Morgan fingerprint density at radius 1 is 1.26 bits per heavy atom. The molecule has 0 saturated heterocycles. The lowest BCUT2D eigenvalue weighted by atomic mass is 10.0. The molecule has 0 saturated carbocycles. The number of benzene rings is 2. The normalized spacial score (nSPS) is 15.1. The van der Waals surface area contributed by atoms with E-state index in [4.69, 9.17) is 9.47 Å². The number of H-pyrrole nitrogens is 1. The molecule has 2 aromatic carbocycles. The summed E-state index contributed by atoms with van der Waals surface area (Å²) < 4.78 is 15.3. The van der Waals surface area contributed by atoms with Crippen molar-refractivity contribution in [1.82, 2.24) is 14.3 Å². The highest BCUT2D eigenvalue weighted by atomic mass is 79.9. The molecule has 4 N–H and O–H groups in total. The lowest BCUT2D eigenvalue weighted by Crippen LogP contribution is -2.32. The molecule has 3 aliphatic heterocycles. The minimum absolute atomic E-state index is 0.134. The molecule has 0 aliphatic carbocycles. The molecule has 5 rings (SSSR count). The second kappa shape index (κ2) is 9.64. The number of aliphatic hydroxyl groups excluding tert-OH is 1. The molecule has 0 radical (unpaired) electrons. The maximum Gasteiger partial charge on any atom is 0.331 e. The van der Waals surface area contributed by atoms with Crippen LogP contribution in [-0.2, 0) is 4.79 Å². The first-order valence-electron chi connectivity index (χ1n) is 10.6. The number of ether oxygens (including phenoxy) is 2. The quantitative estimate of drug-likeness (QED) is 0.281. The zero-order valence-electron chi connectivity index (χ0n) is 18.4. The van der Waals surface area contributed by atoms with Crippen molar-refractivity contribution < 1.29 is 24.5 Å². The number of carboxylic acid groups (broad SMARTS) is 1. The number of carbonyl (C=O) groups is 1. The molecular weight excluding hydrogens is 538 g/mol. The van der Waals surface area contributed by atoms with E-state index < -0.39 is 18.1 Å². The van der Waals surface area contributed by atoms with Gasteiger partial charge in [0.05, 0.1) is 18.0 Å². The Morgan fingerprint density at radius 3 is 2.83 bits per heavy atom. The average Bonchev–Trinajstić information content (AvgIpc) is 3.25. The van der Waals surface area contributed by atoms with Gasteiger partial charge in [-0.2, -0.15) is 0 Å². The molecule has 180 valence electrons. The smallest absolute Gasteiger partial charge is 0.331 e. The van der Waals surface area contributed by atoms with E-state index in [0.29, 0.717) is 35.5 Å². The van der Waals surface area contributed by atoms with Crippen molar-refractivity contribution in [3.8, 4) is 33.3 Å². The van der Waals surface area contributed by atoms with Crippen molar-refractivity contribution in [3.05, 3.63) is 52.6 Å². The number of aromatic amines is 1. The number of hydrogen-bond acceptors (Lipinski definition) is 9. The van der Waals surface area contributed by atoms with Crippen LogP contribution in [-0.4, -0.2) is 55.9 Å². The average molecular weight is 558 g/mol. The molecule has 0 spiro atoms. The van der Waals surface area contributed by atoms with Crippen molar-refractivity contribution in [2.45, 2.75) is 19.1 Å². The van der Waals surface area contributed by atoms with Crippen molar-refractivity contribution >= 4 is 44.9 Å². The lowest BCUT2D eigenvalue weighted by molar-refractivity contribution is -0.140. The van der Waals surface area contributed by atoms with Crippen molar-refractivity contribution in [1.29, 1.82) is 0 Å². The number of nitrogens with one attached hydrogen (secondary N) is 2. The number of aromatic nitrogens is 3.